The van der Waals surface area contributed by atoms with E-state index >= 15 is 0 Å². The first kappa shape index (κ1) is 14.9. The molecule has 0 unspecified atom stereocenters. The smallest absolute Gasteiger partial charge is 0.0821 e. The fraction of sp³-hybridized carbons (Fsp3) is 0.417. The highest BCUT2D eigenvalue weighted by molar-refractivity contribution is 6.30. The lowest BCUT2D eigenvalue weighted by Crippen LogP contribution is -2.36. The maximum atomic E-state index is 8.25. The number of carbonyl (C=O) groups excluding carboxylic acids is 1. The topological polar surface area (TPSA) is 40.1 Å². The Morgan fingerprint density at radius 2 is 1.94 bits per heavy atom. The van der Waals surface area contributed by atoms with E-state index in [4.69, 9.17) is 21.5 Å². The van der Waals surface area contributed by atoms with Crippen LogP contribution in [0.3, 0.4) is 0 Å². The highest BCUT2D eigenvalue weighted by Crippen LogP contribution is 2.11. The number of hydrogen-bond acceptors (Lipinski definition) is 2. The van der Waals surface area contributed by atoms with Crippen molar-refractivity contribution in [1.29, 1.82) is 0 Å². The molecule has 0 spiro atoms. The second kappa shape index (κ2) is 7.25. The Balaban J connectivity index is 0.000000673. The molecule has 4 heteroatoms. The Morgan fingerprint density at radius 1 is 1.38 bits per heavy atom. The number of rotatable bonds is 3. The van der Waals surface area contributed by atoms with Crippen molar-refractivity contribution in [3.8, 4) is 0 Å². The molecule has 0 aliphatic carbocycles. The number of nitrogens with zero attached hydrogens (tertiary/aromatic N) is 1. The molecule has 0 aliphatic heterocycles. The molecule has 0 heterocycles. The quantitative estimate of drug-likeness (QED) is 0.586. The van der Waals surface area contributed by atoms with Gasteiger partial charge in [0.25, 0.3) is 0 Å². The third kappa shape index (κ3) is 8.26. The normalized spacial score (nSPS) is 10.2. The number of hydrogen-bond donors (Lipinski definition) is 0. The van der Waals surface area contributed by atoms with E-state index in [0.29, 0.717) is 0 Å². The molecule has 1 aromatic rings. The van der Waals surface area contributed by atoms with E-state index in [-0.39, 0.29) is 0 Å². The molecule has 0 radical (unpaired) electrons. The molecule has 0 N–H and O–H groups in total. The highest BCUT2D eigenvalue weighted by Gasteiger charge is 2.06. The van der Waals surface area contributed by atoms with E-state index in [1.54, 1.807) is 0 Å². The highest BCUT2D eigenvalue weighted by atomic mass is 35.5. The average Bonchev–Trinajstić information content (AvgIpc) is 2.15. The fourth-order valence-corrected chi connectivity index (χ4v) is 1.37. The summed E-state index contributed by atoms with van der Waals surface area (Å²) in [5.41, 5.74) is 1.32. The minimum absolute atomic E-state index is 0.500. The summed E-state index contributed by atoms with van der Waals surface area (Å²) in [5.74, 6) is 0. The maximum Gasteiger partial charge on any atom is 0.0821 e. The van der Waals surface area contributed by atoms with E-state index < -0.39 is 6.47 Å². The van der Waals surface area contributed by atoms with Gasteiger partial charge in [0.15, 0.2) is 0 Å². The van der Waals surface area contributed by atoms with Crippen LogP contribution < -0.4 is 5.11 Å². The lowest BCUT2D eigenvalue weighted by molar-refractivity contribution is -0.870. The number of carboxylic acid groups (broad SMARTS) is 1. The van der Waals surface area contributed by atoms with Gasteiger partial charge in [-0.05, 0) is 17.7 Å². The fourth-order valence-electron chi connectivity index (χ4n) is 1.16. The molecule has 0 saturated heterocycles. The van der Waals surface area contributed by atoms with Gasteiger partial charge < -0.3 is 14.4 Å². The first-order chi connectivity index (χ1) is 7.39. The summed E-state index contributed by atoms with van der Waals surface area (Å²) in [6, 6.07) is 8.09. The number of carbonyl (C=O) groups is 1. The minimum Gasteiger partial charge on any atom is -0.554 e. The van der Waals surface area contributed by atoms with Crippen molar-refractivity contribution in [2.45, 2.75) is 6.42 Å². The molecule has 0 fully saturated rings. The lowest BCUT2D eigenvalue weighted by Gasteiger charge is -2.23. The monoisotopic (exact) mass is 243 g/mol. The SMILES string of the molecule is C[N+](C)(C)CCc1cccc(Cl)c1.O=C[O-]. The molecular weight excluding hydrogens is 226 g/mol. The van der Waals surface area contributed by atoms with Gasteiger partial charge in [-0.15, -0.1) is 0 Å². The predicted molar refractivity (Wildman–Crippen MR) is 64.1 cm³/mol. The van der Waals surface area contributed by atoms with Crippen molar-refractivity contribution in [3.05, 3.63) is 34.9 Å². The van der Waals surface area contributed by atoms with Gasteiger partial charge in [0.2, 0.25) is 0 Å². The van der Waals surface area contributed by atoms with Gasteiger partial charge in [0.05, 0.1) is 27.7 Å². The van der Waals surface area contributed by atoms with E-state index in [1.807, 2.05) is 18.2 Å². The third-order valence-electron chi connectivity index (χ3n) is 1.96. The molecule has 0 amide bonds. The molecule has 16 heavy (non-hydrogen) atoms. The van der Waals surface area contributed by atoms with Crippen molar-refractivity contribution in [3.63, 3.8) is 0 Å². The summed E-state index contributed by atoms with van der Waals surface area (Å²) >= 11 is 5.89. The zero-order valence-electron chi connectivity index (χ0n) is 9.94. The molecule has 0 saturated carbocycles. The first-order valence-corrected chi connectivity index (χ1v) is 5.37. The molecule has 1 aromatic carbocycles. The Morgan fingerprint density at radius 3 is 2.38 bits per heavy atom. The van der Waals surface area contributed by atoms with Crippen molar-refractivity contribution >= 4 is 18.1 Å². The lowest BCUT2D eigenvalue weighted by atomic mass is 10.1. The van der Waals surface area contributed by atoms with E-state index in [9.17, 15) is 0 Å². The van der Waals surface area contributed by atoms with Crippen LogP contribution in [0.5, 0.6) is 0 Å². The van der Waals surface area contributed by atoms with E-state index in [1.165, 1.54) is 5.56 Å². The van der Waals surface area contributed by atoms with Gasteiger partial charge in [-0.1, -0.05) is 23.7 Å². The van der Waals surface area contributed by atoms with Crippen LogP contribution in [0.25, 0.3) is 0 Å². The molecule has 3 nitrogen and oxygen atoms in total. The van der Waals surface area contributed by atoms with Gasteiger partial charge in [-0.2, -0.15) is 0 Å². The van der Waals surface area contributed by atoms with Crippen LogP contribution in [0.2, 0.25) is 5.02 Å². The molecule has 90 valence electrons. The van der Waals surface area contributed by atoms with Gasteiger partial charge in [-0.3, -0.25) is 0 Å². The second-order valence-corrected chi connectivity index (χ2v) is 4.93. The van der Waals surface area contributed by atoms with Crippen LogP contribution in [0.15, 0.2) is 24.3 Å². The largest absolute Gasteiger partial charge is 0.554 e. The summed E-state index contributed by atoms with van der Waals surface area (Å²) in [4.78, 5) is 8.25. The van der Waals surface area contributed by atoms with E-state index in [2.05, 4.69) is 27.2 Å². The van der Waals surface area contributed by atoms with Crippen molar-refractivity contribution in [2.75, 3.05) is 27.7 Å². The second-order valence-electron chi connectivity index (χ2n) is 4.49. The number of benzene rings is 1. The summed E-state index contributed by atoms with van der Waals surface area (Å²) in [5, 5.41) is 9.08. The van der Waals surface area contributed by atoms with Crippen LogP contribution in [0, 0.1) is 0 Å². The molecule has 1 rings (SSSR count). The van der Waals surface area contributed by atoms with Gasteiger partial charge >= 0.3 is 0 Å². The Labute approximate surface area is 102 Å². The molecule has 0 aliphatic rings. The number of quaternary nitrogens is 1. The van der Waals surface area contributed by atoms with Crippen molar-refractivity contribution in [2.24, 2.45) is 0 Å². The van der Waals surface area contributed by atoms with Gasteiger partial charge in [-0.25, -0.2) is 0 Å². The molecule has 0 atom stereocenters. The average molecular weight is 244 g/mol. The predicted octanol–water partition coefficient (Wildman–Crippen LogP) is 0.955. The maximum absolute atomic E-state index is 8.25. The Hall–Kier alpha value is -1.06. The minimum atomic E-state index is -0.500. The zero-order chi connectivity index (χ0) is 12.6. The first-order valence-electron chi connectivity index (χ1n) is 4.99. The van der Waals surface area contributed by atoms with Gasteiger partial charge in [0, 0.05) is 17.9 Å². The summed E-state index contributed by atoms with van der Waals surface area (Å²) in [7, 11) is 6.60. The van der Waals surface area contributed by atoms with E-state index in [0.717, 1.165) is 22.5 Å². The van der Waals surface area contributed by atoms with Crippen molar-refractivity contribution < 1.29 is 14.4 Å². The van der Waals surface area contributed by atoms with Crippen molar-refractivity contribution in [1.82, 2.24) is 0 Å². The summed E-state index contributed by atoms with van der Waals surface area (Å²) in [6.07, 6.45) is 1.09. The van der Waals surface area contributed by atoms with Crippen LogP contribution in [-0.4, -0.2) is 38.6 Å². The number of halogens is 1. The molecule has 0 aromatic heterocycles. The molecular formula is C12H18ClNO2. The number of likely N-dealkylation sites (N-methyl/N-ethyl adjacent to an activating group) is 1. The van der Waals surface area contributed by atoms with Crippen LogP contribution in [0.4, 0.5) is 0 Å². The standard InChI is InChI=1S/C11H17ClN.CH2O2/c1-13(2,3)8-7-10-5-4-6-11(12)9-10;2-1-3/h4-6,9H,7-8H2,1-3H3;1H,(H,2,3)/q+1;/p-1. The van der Waals surface area contributed by atoms with Crippen LogP contribution in [-0.2, 0) is 11.2 Å². The Kier molecular flexibility index (Phi) is 6.77. The third-order valence-corrected chi connectivity index (χ3v) is 2.20. The molecule has 0 bridgehead atoms. The van der Waals surface area contributed by atoms with Crippen LogP contribution in [0.1, 0.15) is 5.56 Å². The van der Waals surface area contributed by atoms with Gasteiger partial charge in [0.1, 0.15) is 0 Å². The Bertz CT molecular complexity index is 321. The summed E-state index contributed by atoms with van der Waals surface area (Å²) in [6.45, 7) is 0.639. The zero-order valence-corrected chi connectivity index (χ0v) is 10.7. The van der Waals surface area contributed by atoms with Crippen LogP contribution >= 0.6 is 11.6 Å². The summed E-state index contributed by atoms with van der Waals surface area (Å²) < 4.78 is 0.993.